The number of amides is 1. The second kappa shape index (κ2) is 8.05. The molecule has 0 spiro atoms. The lowest BCUT2D eigenvalue weighted by atomic mass is 10.2. The predicted octanol–water partition coefficient (Wildman–Crippen LogP) is 1.84. The van der Waals surface area contributed by atoms with E-state index in [0.717, 1.165) is 19.3 Å². The van der Waals surface area contributed by atoms with Gasteiger partial charge in [-0.05, 0) is 18.0 Å². The second-order valence-corrected chi connectivity index (χ2v) is 3.33. The van der Waals surface area contributed by atoms with Crippen molar-refractivity contribution >= 4 is 22.8 Å². The van der Waals surface area contributed by atoms with E-state index in [1.165, 1.54) is 0 Å². The highest BCUT2D eigenvalue weighted by atomic mass is 35.5. The van der Waals surface area contributed by atoms with Gasteiger partial charge in [0.2, 0.25) is 11.1 Å². The standard InChI is InChI=1S/C9H16ClNO2/c1-2-3-4-7-11-9(13)6-5-8(10)12/h2-7H2,1H3,(H,11,13). The Morgan fingerprint density at radius 2 is 1.92 bits per heavy atom. The molecule has 0 saturated heterocycles. The van der Waals surface area contributed by atoms with Gasteiger partial charge in [0.15, 0.2) is 0 Å². The monoisotopic (exact) mass is 205 g/mol. The lowest BCUT2D eigenvalue weighted by Crippen LogP contribution is -2.24. The first-order valence-electron chi connectivity index (χ1n) is 4.61. The van der Waals surface area contributed by atoms with E-state index in [9.17, 15) is 9.59 Å². The molecule has 0 heterocycles. The van der Waals surface area contributed by atoms with Gasteiger partial charge in [-0.1, -0.05) is 19.8 Å². The summed E-state index contributed by atoms with van der Waals surface area (Å²) in [4.78, 5) is 21.3. The molecule has 0 saturated carbocycles. The van der Waals surface area contributed by atoms with Crippen LogP contribution >= 0.6 is 11.6 Å². The van der Waals surface area contributed by atoms with Crippen LogP contribution in [0.4, 0.5) is 0 Å². The Balaban J connectivity index is 3.25. The smallest absolute Gasteiger partial charge is 0.222 e. The van der Waals surface area contributed by atoms with Gasteiger partial charge >= 0.3 is 0 Å². The molecular weight excluding hydrogens is 190 g/mol. The Bertz CT molecular complexity index is 171. The molecule has 76 valence electrons. The molecule has 0 aliphatic carbocycles. The maximum absolute atomic E-state index is 11.0. The highest BCUT2D eigenvalue weighted by Gasteiger charge is 2.03. The van der Waals surface area contributed by atoms with E-state index in [1.807, 2.05) is 0 Å². The molecule has 0 atom stereocenters. The molecule has 0 radical (unpaired) electrons. The minimum absolute atomic E-state index is 0.0925. The SMILES string of the molecule is CCCCCNC(=O)CCC(=O)Cl. The molecule has 1 amide bonds. The molecule has 4 heteroatoms. The Kier molecular flexibility index (Phi) is 7.69. The zero-order valence-electron chi connectivity index (χ0n) is 7.94. The van der Waals surface area contributed by atoms with Crippen molar-refractivity contribution in [3.05, 3.63) is 0 Å². The number of hydrogen-bond acceptors (Lipinski definition) is 2. The van der Waals surface area contributed by atoms with Gasteiger partial charge in [-0.3, -0.25) is 9.59 Å². The predicted molar refractivity (Wildman–Crippen MR) is 52.6 cm³/mol. The Labute approximate surface area is 83.8 Å². The van der Waals surface area contributed by atoms with E-state index in [0.29, 0.717) is 6.54 Å². The lowest BCUT2D eigenvalue weighted by molar-refractivity contribution is -0.123. The van der Waals surface area contributed by atoms with Crippen molar-refractivity contribution in [1.82, 2.24) is 5.32 Å². The summed E-state index contributed by atoms with van der Waals surface area (Å²) < 4.78 is 0. The topological polar surface area (TPSA) is 46.2 Å². The summed E-state index contributed by atoms with van der Waals surface area (Å²) in [5.41, 5.74) is 0. The van der Waals surface area contributed by atoms with Crippen molar-refractivity contribution in [2.24, 2.45) is 0 Å². The summed E-state index contributed by atoms with van der Waals surface area (Å²) in [6.07, 6.45) is 3.58. The highest BCUT2D eigenvalue weighted by Crippen LogP contribution is 1.95. The average molecular weight is 206 g/mol. The van der Waals surface area contributed by atoms with Crippen LogP contribution in [0, 0.1) is 0 Å². The van der Waals surface area contributed by atoms with Gasteiger partial charge in [-0.25, -0.2) is 0 Å². The molecule has 1 N–H and O–H groups in total. The molecule has 13 heavy (non-hydrogen) atoms. The van der Waals surface area contributed by atoms with Crippen molar-refractivity contribution in [3.63, 3.8) is 0 Å². The van der Waals surface area contributed by atoms with Crippen LogP contribution in [0.3, 0.4) is 0 Å². The van der Waals surface area contributed by atoms with Crippen molar-refractivity contribution < 1.29 is 9.59 Å². The summed E-state index contributed by atoms with van der Waals surface area (Å²) in [7, 11) is 0. The van der Waals surface area contributed by atoms with E-state index in [1.54, 1.807) is 0 Å². The zero-order valence-corrected chi connectivity index (χ0v) is 8.69. The van der Waals surface area contributed by atoms with E-state index in [-0.39, 0.29) is 18.7 Å². The third-order valence-electron chi connectivity index (χ3n) is 1.65. The largest absolute Gasteiger partial charge is 0.356 e. The van der Waals surface area contributed by atoms with Gasteiger partial charge in [-0.2, -0.15) is 0 Å². The zero-order chi connectivity index (χ0) is 10.1. The first-order chi connectivity index (χ1) is 6.16. The summed E-state index contributed by atoms with van der Waals surface area (Å²) in [6.45, 7) is 2.80. The van der Waals surface area contributed by atoms with Gasteiger partial charge in [0, 0.05) is 19.4 Å². The van der Waals surface area contributed by atoms with E-state index < -0.39 is 5.24 Å². The van der Waals surface area contributed by atoms with Crippen LogP contribution in [0.5, 0.6) is 0 Å². The molecule has 0 aromatic heterocycles. The highest BCUT2D eigenvalue weighted by molar-refractivity contribution is 6.63. The van der Waals surface area contributed by atoms with Crippen molar-refractivity contribution in [1.29, 1.82) is 0 Å². The maximum Gasteiger partial charge on any atom is 0.222 e. The first-order valence-corrected chi connectivity index (χ1v) is 4.99. The molecule has 0 rings (SSSR count). The molecule has 0 aromatic carbocycles. The molecule has 0 aliphatic rings. The Morgan fingerprint density at radius 1 is 1.23 bits per heavy atom. The van der Waals surface area contributed by atoms with Crippen LogP contribution < -0.4 is 5.32 Å². The summed E-state index contributed by atoms with van der Waals surface area (Å²) in [5.74, 6) is -0.0925. The van der Waals surface area contributed by atoms with E-state index in [4.69, 9.17) is 11.6 Å². The van der Waals surface area contributed by atoms with Crippen LogP contribution in [0.25, 0.3) is 0 Å². The number of halogens is 1. The normalized spacial score (nSPS) is 9.69. The number of hydrogen-bond donors (Lipinski definition) is 1. The third-order valence-corrected chi connectivity index (χ3v) is 1.84. The van der Waals surface area contributed by atoms with Crippen molar-refractivity contribution in [2.75, 3.05) is 6.54 Å². The molecular formula is C9H16ClNO2. The number of rotatable bonds is 7. The number of carbonyl (C=O) groups excluding carboxylic acids is 2. The fourth-order valence-corrected chi connectivity index (χ4v) is 0.997. The number of unbranched alkanes of at least 4 members (excludes halogenated alkanes) is 2. The Hall–Kier alpha value is -0.570. The fraction of sp³-hybridized carbons (Fsp3) is 0.778. The average Bonchev–Trinajstić information content (AvgIpc) is 2.09. The van der Waals surface area contributed by atoms with Crippen LogP contribution in [-0.4, -0.2) is 17.7 Å². The van der Waals surface area contributed by atoms with Gasteiger partial charge < -0.3 is 5.32 Å². The molecule has 0 unspecified atom stereocenters. The summed E-state index contributed by atoms with van der Waals surface area (Å²) in [5, 5.41) is 2.27. The van der Waals surface area contributed by atoms with Crippen LogP contribution in [0.2, 0.25) is 0 Å². The van der Waals surface area contributed by atoms with Gasteiger partial charge in [0.1, 0.15) is 0 Å². The van der Waals surface area contributed by atoms with E-state index >= 15 is 0 Å². The van der Waals surface area contributed by atoms with Crippen LogP contribution in [0.15, 0.2) is 0 Å². The minimum Gasteiger partial charge on any atom is -0.356 e. The quantitative estimate of drug-likeness (QED) is 0.509. The number of carbonyl (C=O) groups is 2. The van der Waals surface area contributed by atoms with Crippen LogP contribution in [-0.2, 0) is 9.59 Å². The van der Waals surface area contributed by atoms with E-state index in [2.05, 4.69) is 12.2 Å². The molecule has 3 nitrogen and oxygen atoms in total. The molecule has 0 aliphatic heterocycles. The molecule has 0 bridgehead atoms. The minimum atomic E-state index is -0.455. The lowest BCUT2D eigenvalue weighted by Gasteiger charge is -2.02. The second-order valence-electron chi connectivity index (χ2n) is 2.91. The van der Waals surface area contributed by atoms with Gasteiger partial charge in [0.05, 0.1) is 0 Å². The fourth-order valence-electron chi connectivity index (χ4n) is 0.903. The van der Waals surface area contributed by atoms with Gasteiger partial charge in [-0.15, -0.1) is 0 Å². The third kappa shape index (κ3) is 9.34. The number of nitrogens with one attached hydrogen (secondary N) is 1. The Morgan fingerprint density at radius 3 is 2.46 bits per heavy atom. The summed E-state index contributed by atoms with van der Waals surface area (Å²) in [6, 6.07) is 0. The van der Waals surface area contributed by atoms with Gasteiger partial charge in [0.25, 0.3) is 0 Å². The van der Waals surface area contributed by atoms with Crippen LogP contribution in [0.1, 0.15) is 39.0 Å². The maximum atomic E-state index is 11.0. The first kappa shape index (κ1) is 12.4. The summed E-state index contributed by atoms with van der Waals surface area (Å²) >= 11 is 5.09. The molecule has 0 aromatic rings. The van der Waals surface area contributed by atoms with Crippen molar-refractivity contribution in [3.8, 4) is 0 Å². The van der Waals surface area contributed by atoms with Crippen molar-refractivity contribution in [2.45, 2.75) is 39.0 Å². The molecule has 0 fully saturated rings.